The number of carbonyl (C=O) groups excluding carboxylic acids is 1. The molecule has 2 heterocycles. The first kappa shape index (κ1) is 23.1. The van der Waals surface area contributed by atoms with Gasteiger partial charge in [-0.1, -0.05) is 0 Å². The average molecular weight is 644 g/mol. The molecule has 2 atom stereocenters. The molecule has 0 radical (unpaired) electrons. The van der Waals surface area contributed by atoms with E-state index in [1.54, 1.807) is 0 Å². The number of hydrogen-bond acceptors (Lipinski definition) is 5. The summed E-state index contributed by atoms with van der Waals surface area (Å²) in [4.78, 5) is 12.7. The molecule has 3 rings (SSSR count). The zero-order valence-electron chi connectivity index (χ0n) is 14.7. The molecule has 164 valence electrons. The minimum absolute atomic E-state index is 0.349. The van der Waals surface area contributed by atoms with Gasteiger partial charge in [0.1, 0.15) is 0 Å². The van der Waals surface area contributed by atoms with Crippen LogP contribution in [0.5, 0.6) is 0 Å². The van der Waals surface area contributed by atoms with Crippen LogP contribution in [0.1, 0.15) is 45.4 Å². The van der Waals surface area contributed by atoms with Gasteiger partial charge < -0.3 is 0 Å². The van der Waals surface area contributed by atoms with Crippen molar-refractivity contribution in [3.63, 3.8) is 0 Å². The molecule has 2 saturated heterocycles. The third-order valence-corrected chi connectivity index (χ3v) is 12.7. The fourth-order valence-electron chi connectivity index (χ4n) is 3.46. The molecule has 0 bridgehead atoms. The van der Waals surface area contributed by atoms with Gasteiger partial charge in [-0.2, -0.15) is 0 Å². The molecule has 0 aromatic carbocycles. The predicted molar refractivity (Wildman–Crippen MR) is 104 cm³/mol. The van der Waals surface area contributed by atoms with E-state index in [2.05, 4.69) is 7.06 Å². The maximum absolute atomic E-state index is 13.2. The number of nitrogens with one attached hydrogen (secondary N) is 2. The molecule has 3 fully saturated rings. The number of fused-ring (bicyclic) bond motifs is 1. The van der Waals surface area contributed by atoms with Gasteiger partial charge in [0, 0.05) is 0 Å². The first-order valence-corrected chi connectivity index (χ1v) is 13.0. The molecule has 2 unspecified atom stereocenters. The standard InChI is InChI=1S/C15H20F6I2N2O3/c1-11(22,15-23(24-15)25-15)10(26)28-9(8-5-3-2-4-6-8)7-12(27,13(16,17)18)14(19,20)21/h8-9,24-25,27H,2-7H2,1H3. The second-order valence-electron chi connectivity index (χ2n) is 7.54. The van der Waals surface area contributed by atoms with Crippen molar-refractivity contribution < 1.29 is 41.0 Å². The molecule has 28 heavy (non-hydrogen) atoms. The predicted octanol–water partition coefficient (Wildman–Crippen LogP) is 4.11. The molecular formula is C15H20F6I2N2O3. The van der Waals surface area contributed by atoms with Gasteiger partial charge in [-0.3, -0.25) is 0 Å². The first-order chi connectivity index (χ1) is 12.7. The Kier molecular flexibility index (Phi) is 5.95. The number of ether oxygens (including phenoxy) is 1. The molecule has 3 N–H and O–H groups in total. The van der Waals surface area contributed by atoms with Crippen LogP contribution < -0.4 is 7.06 Å². The van der Waals surface area contributed by atoms with E-state index in [1.807, 2.05) is 22.6 Å². The third-order valence-electron chi connectivity index (χ3n) is 5.56. The Morgan fingerprint density at radius 2 is 1.64 bits per heavy atom. The van der Waals surface area contributed by atoms with Crippen LogP contribution in [0.25, 0.3) is 0 Å². The summed E-state index contributed by atoms with van der Waals surface area (Å²) in [5.74, 6) is -1.53. The van der Waals surface area contributed by atoms with Crippen LogP contribution in [0.4, 0.5) is 26.3 Å². The maximum atomic E-state index is 13.2. The van der Waals surface area contributed by atoms with Crippen molar-refractivity contribution in [3.8, 4) is 0 Å². The van der Waals surface area contributed by atoms with Gasteiger partial charge in [0.25, 0.3) is 0 Å². The van der Waals surface area contributed by atoms with Crippen molar-refractivity contribution in [1.82, 2.24) is 7.06 Å². The Bertz CT molecular complexity index is 616. The van der Waals surface area contributed by atoms with E-state index < -0.39 is 69.8 Å². The first-order valence-electron chi connectivity index (χ1n) is 8.67. The number of rotatable bonds is 6. The Balaban J connectivity index is 1.83. The SMILES string of the molecule is CC(I)(C(=O)OC(CC(O)(C(F)(F)F)C(F)(F)F)C1CCCCC1)C12NI1N2. The fourth-order valence-corrected chi connectivity index (χ4v) is 11.2. The van der Waals surface area contributed by atoms with Crippen LogP contribution in [0, 0.1) is 5.92 Å². The van der Waals surface area contributed by atoms with E-state index in [9.17, 15) is 36.2 Å². The minimum atomic E-state index is -5.94. The topological polar surface area (TPSA) is 90.4 Å². The second kappa shape index (κ2) is 7.22. The normalized spacial score (nSPS) is 26.8. The summed E-state index contributed by atoms with van der Waals surface area (Å²) in [6, 6.07) is 0. The van der Waals surface area contributed by atoms with Crippen molar-refractivity contribution in [1.29, 1.82) is 0 Å². The Morgan fingerprint density at radius 3 is 2.04 bits per heavy atom. The number of esters is 1. The summed E-state index contributed by atoms with van der Waals surface area (Å²) in [5, 5.41) is 9.62. The van der Waals surface area contributed by atoms with Gasteiger partial charge in [-0.25, -0.2) is 0 Å². The van der Waals surface area contributed by atoms with Crippen LogP contribution in [0.3, 0.4) is 0 Å². The summed E-state index contributed by atoms with van der Waals surface area (Å²) in [6.07, 6.45) is -12.5. The van der Waals surface area contributed by atoms with Crippen LogP contribution >= 0.6 is 43.0 Å². The van der Waals surface area contributed by atoms with E-state index >= 15 is 0 Å². The summed E-state index contributed by atoms with van der Waals surface area (Å²) in [6.45, 7) is 1.54. The summed E-state index contributed by atoms with van der Waals surface area (Å²) < 4.78 is 88.8. The Morgan fingerprint density at radius 1 is 1.18 bits per heavy atom. The molecule has 0 aromatic rings. The van der Waals surface area contributed by atoms with Gasteiger partial charge >= 0.3 is 179 Å². The third kappa shape index (κ3) is 3.86. The molecule has 13 heteroatoms. The van der Waals surface area contributed by atoms with E-state index in [1.165, 1.54) is 6.92 Å². The molecule has 1 aliphatic carbocycles. The zero-order valence-corrected chi connectivity index (χ0v) is 19.0. The van der Waals surface area contributed by atoms with Crippen LogP contribution in [0.15, 0.2) is 0 Å². The molecule has 3 aliphatic rings. The molecule has 0 amide bonds. The molecular weight excluding hydrogens is 624 g/mol. The van der Waals surface area contributed by atoms with Gasteiger partial charge in [0.05, 0.1) is 0 Å². The second-order valence-corrected chi connectivity index (χ2v) is 14.0. The van der Waals surface area contributed by atoms with Gasteiger partial charge in [-0.15, -0.1) is 0 Å². The van der Waals surface area contributed by atoms with Gasteiger partial charge in [0.2, 0.25) is 0 Å². The van der Waals surface area contributed by atoms with Crippen molar-refractivity contribution in [2.75, 3.05) is 0 Å². The Hall–Kier alpha value is 0.390. The van der Waals surface area contributed by atoms with Crippen LogP contribution in [-0.2, 0) is 9.53 Å². The van der Waals surface area contributed by atoms with Crippen molar-refractivity contribution >= 4 is 48.9 Å². The van der Waals surface area contributed by atoms with E-state index in [0.29, 0.717) is 25.7 Å². The van der Waals surface area contributed by atoms with E-state index in [-0.39, 0.29) is 0 Å². The van der Waals surface area contributed by atoms with Crippen LogP contribution in [-0.4, -0.2) is 42.2 Å². The summed E-state index contributed by atoms with van der Waals surface area (Å²) in [7, 11) is 0. The summed E-state index contributed by atoms with van der Waals surface area (Å²) >= 11 is 0.217. The number of alkyl halides is 8. The van der Waals surface area contributed by atoms with Crippen LogP contribution in [0.2, 0.25) is 0 Å². The Labute approximate surface area is 178 Å². The number of halogens is 8. The molecule has 1 saturated carbocycles. The van der Waals surface area contributed by atoms with Gasteiger partial charge in [-0.05, 0) is 0 Å². The number of aliphatic hydroxyl groups is 1. The average Bonchev–Trinajstić information content (AvgIpc) is 3.42. The van der Waals surface area contributed by atoms with Gasteiger partial charge in [0.15, 0.2) is 0 Å². The summed E-state index contributed by atoms with van der Waals surface area (Å²) in [5.41, 5.74) is -4.93. The number of carbonyl (C=O) groups is 1. The van der Waals surface area contributed by atoms with Crippen molar-refractivity contribution in [3.05, 3.63) is 0 Å². The van der Waals surface area contributed by atoms with Crippen molar-refractivity contribution in [2.45, 2.75) is 76.6 Å². The number of hydrogen-bond donors (Lipinski definition) is 3. The quantitative estimate of drug-likeness (QED) is 0.0771. The van der Waals surface area contributed by atoms with Crippen molar-refractivity contribution in [2.24, 2.45) is 5.92 Å². The molecule has 0 spiro atoms. The molecule has 5 nitrogen and oxygen atoms in total. The van der Waals surface area contributed by atoms with E-state index in [4.69, 9.17) is 4.74 Å². The zero-order chi connectivity index (χ0) is 21.2. The van der Waals surface area contributed by atoms with E-state index in [0.717, 1.165) is 6.42 Å². The molecule has 0 aromatic heterocycles. The monoisotopic (exact) mass is 644 g/mol. The fraction of sp³-hybridized carbons (Fsp3) is 0.933. The molecule has 2 aliphatic heterocycles.